The molecule has 2 aromatic rings. The van der Waals surface area contributed by atoms with Crippen LogP contribution in [0.25, 0.3) is 0 Å². The fourth-order valence-electron chi connectivity index (χ4n) is 6.59. The number of nitrogens with zero attached hydrogens (tertiary/aromatic N) is 4. The number of rotatable bonds is 5. The quantitative estimate of drug-likeness (QED) is 0.535. The van der Waals surface area contributed by atoms with E-state index in [-0.39, 0.29) is 30.6 Å². The number of hydrogen-bond acceptors (Lipinski definition) is 5. The van der Waals surface area contributed by atoms with E-state index in [1.165, 1.54) is 12.4 Å². The number of benzene rings is 1. The average Bonchev–Trinajstić information content (AvgIpc) is 2.85. The van der Waals surface area contributed by atoms with E-state index in [0.29, 0.717) is 55.6 Å². The molecule has 0 spiro atoms. The smallest absolute Gasteiger partial charge is 0.370 e. The van der Waals surface area contributed by atoms with Crippen LogP contribution in [0.3, 0.4) is 0 Å². The van der Waals surface area contributed by atoms with Crippen LogP contribution in [-0.2, 0) is 21.3 Å². The third kappa shape index (κ3) is 3.51. The molecule has 0 unspecified atom stereocenters. The molecule has 1 aromatic carbocycles. The Kier molecular flexibility index (Phi) is 4.85. The summed E-state index contributed by atoms with van der Waals surface area (Å²) in [6.45, 7) is 0.705. The lowest BCUT2D eigenvalue weighted by Gasteiger charge is -2.65. The van der Waals surface area contributed by atoms with E-state index in [4.69, 9.17) is 4.74 Å². The summed E-state index contributed by atoms with van der Waals surface area (Å²) in [6, 6.07) is 8.99. The van der Waals surface area contributed by atoms with Gasteiger partial charge in [0, 0.05) is 35.6 Å². The van der Waals surface area contributed by atoms with Crippen LogP contribution in [0.4, 0.5) is 23.2 Å². The van der Waals surface area contributed by atoms with Crippen LogP contribution < -0.4 is 4.90 Å². The van der Waals surface area contributed by atoms with E-state index in [1.54, 1.807) is 29.2 Å². The third-order valence-electron chi connectivity index (χ3n) is 8.65. The van der Waals surface area contributed by atoms with Crippen LogP contribution in [0.15, 0.2) is 36.7 Å². The van der Waals surface area contributed by atoms with Crippen molar-refractivity contribution in [1.82, 2.24) is 9.97 Å². The highest BCUT2D eigenvalue weighted by Gasteiger charge is 2.73. The molecule has 1 amide bonds. The molecule has 4 saturated carbocycles. The monoisotopic (exact) mass is 500 g/mol. The van der Waals surface area contributed by atoms with Crippen molar-refractivity contribution in [2.45, 2.75) is 62.4 Å². The summed E-state index contributed by atoms with van der Waals surface area (Å²) in [6.07, 6.45) is 1.08. The Morgan fingerprint density at radius 2 is 1.78 bits per heavy atom. The maximum atomic E-state index is 14.3. The minimum atomic E-state index is -4.60. The standard InChI is InChI=1S/C26H24F4N4O2/c27-24-12-23(13-24,14-24)21(35)34(19-3-1-2-17(8-19)9-31)15-22-4-6-25(7-5-22,36-16-22)18-10-32-20(33-11-18)26(28,29)30/h1-3,8,10-11H,4-7,12-16H2. The van der Waals surface area contributed by atoms with E-state index < -0.39 is 28.7 Å². The highest BCUT2D eigenvalue weighted by Crippen LogP contribution is 2.70. The zero-order chi connectivity index (χ0) is 25.4. The maximum Gasteiger partial charge on any atom is 0.451 e. The number of fused-ring (bicyclic) bond motifs is 3. The van der Waals surface area contributed by atoms with Gasteiger partial charge in [0.1, 0.15) is 5.67 Å². The lowest BCUT2D eigenvalue weighted by Crippen LogP contribution is -2.71. The summed E-state index contributed by atoms with van der Waals surface area (Å²) in [5, 5.41) is 9.37. The Hall–Kier alpha value is -3.06. The van der Waals surface area contributed by atoms with Crippen LogP contribution in [0.1, 0.15) is 61.9 Å². The second-order valence-electron chi connectivity index (χ2n) is 11.1. The molecule has 4 bridgehead atoms. The maximum absolute atomic E-state index is 14.3. The molecule has 1 aromatic heterocycles. The molecule has 3 heterocycles. The van der Waals surface area contributed by atoms with Gasteiger partial charge in [-0.3, -0.25) is 4.79 Å². The van der Waals surface area contributed by atoms with E-state index in [2.05, 4.69) is 16.0 Å². The van der Waals surface area contributed by atoms with Crippen molar-refractivity contribution in [3.63, 3.8) is 0 Å². The lowest BCUT2D eigenvalue weighted by atomic mass is 9.41. The predicted octanol–water partition coefficient (Wildman–Crippen LogP) is 5.08. The highest BCUT2D eigenvalue weighted by atomic mass is 19.4. The molecule has 2 aliphatic heterocycles. The van der Waals surface area contributed by atoms with Gasteiger partial charge >= 0.3 is 6.18 Å². The lowest BCUT2D eigenvalue weighted by molar-refractivity contribution is -0.213. The topological polar surface area (TPSA) is 79.1 Å². The van der Waals surface area contributed by atoms with Crippen LogP contribution in [0.2, 0.25) is 0 Å². The van der Waals surface area contributed by atoms with Crippen LogP contribution in [0.5, 0.6) is 0 Å². The number of ether oxygens (including phenoxy) is 1. The van der Waals surface area contributed by atoms with Gasteiger partial charge < -0.3 is 9.64 Å². The SMILES string of the molecule is N#Cc1cccc(N(CC23CCC(c4cnc(C(F)(F)F)nc4)(CC2)OC3)C(=O)C23CC(F)(C2)C3)c1. The van der Waals surface area contributed by atoms with Crippen LogP contribution in [0, 0.1) is 22.2 Å². The number of amides is 1. The normalized spacial score (nSPS) is 34.3. The van der Waals surface area contributed by atoms with Crippen molar-refractivity contribution in [3.8, 4) is 6.07 Å². The Morgan fingerprint density at radius 1 is 1.11 bits per heavy atom. The zero-order valence-electron chi connectivity index (χ0n) is 19.4. The molecule has 188 valence electrons. The molecule has 6 nitrogen and oxygen atoms in total. The first-order valence-corrected chi connectivity index (χ1v) is 12.0. The van der Waals surface area contributed by atoms with Crippen molar-refractivity contribution in [1.29, 1.82) is 5.26 Å². The number of nitriles is 1. The van der Waals surface area contributed by atoms with Gasteiger partial charge in [-0.15, -0.1) is 0 Å². The van der Waals surface area contributed by atoms with Crippen molar-refractivity contribution in [3.05, 3.63) is 53.6 Å². The molecule has 10 heteroatoms. The number of halogens is 4. The molecule has 6 fully saturated rings. The Morgan fingerprint density at radius 3 is 2.31 bits per heavy atom. The number of aromatic nitrogens is 2. The van der Waals surface area contributed by atoms with Crippen molar-refractivity contribution in [2.75, 3.05) is 18.1 Å². The molecule has 4 aliphatic carbocycles. The van der Waals surface area contributed by atoms with Gasteiger partial charge in [-0.25, -0.2) is 14.4 Å². The largest absolute Gasteiger partial charge is 0.451 e. The summed E-state index contributed by atoms with van der Waals surface area (Å²) < 4.78 is 59.2. The molecule has 2 saturated heterocycles. The zero-order valence-corrected chi connectivity index (χ0v) is 19.4. The number of anilines is 1. The van der Waals surface area contributed by atoms with Crippen LogP contribution in [-0.4, -0.2) is 34.7 Å². The van der Waals surface area contributed by atoms with E-state index in [0.717, 1.165) is 0 Å². The summed E-state index contributed by atoms with van der Waals surface area (Å²) in [4.78, 5) is 22.4. The summed E-state index contributed by atoms with van der Waals surface area (Å²) in [5.41, 5.74) is -1.38. The molecule has 0 atom stereocenters. The van der Waals surface area contributed by atoms with Crippen molar-refractivity contribution in [2.24, 2.45) is 10.8 Å². The van der Waals surface area contributed by atoms with E-state index in [9.17, 15) is 27.6 Å². The Labute approximate surface area is 205 Å². The highest BCUT2D eigenvalue weighted by molar-refractivity contribution is 6.00. The van der Waals surface area contributed by atoms with Gasteiger partial charge in [-0.1, -0.05) is 6.07 Å². The second-order valence-corrected chi connectivity index (χ2v) is 11.1. The molecule has 0 N–H and O–H groups in total. The Balaban J connectivity index is 1.23. The van der Waals surface area contributed by atoms with E-state index >= 15 is 0 Å². The first kappa shape index (κ1) is 23.3. The van der Waals surface area contributed by atoms with Crippen molar-refractivity contribution >= 4 is 11.6 Å². The van der Waals surface area contributed by atoms with Gasteiger partial charge in [-0.2, -0.15) is 18.4 Å². The van der Waals surface area contributed by atoms with Gasteiger partial charge in [0.05, 0.1) is 29.3 Å². The van der Waals surface area contributed by atoms with Crippen LogP contribution >= 0.6 is 0 Å². The van der Waals surface area contributed by atoms with E-state index in [1.807, 2.05) is 0 Å². The van der Waals surface area contributed by atoms with Gasteiger partial charge in [0.25, 0.3) is 0 Å². The number of carbonyl (C=O) groups is 1. The third-order valence-corrected chi connectivity index (χ3v) is 8.65. The first-order valence-electron chi connectivity index (χ1n) is 12.0. The minimum Gasteiger partial charge on any atom is -0.370 e. The van der Waals surface area contributed by atoms with Gasteiger partial charge in [0.2, 0.25) is 11.7 Å². The average molecular weight is 500 g/mol. The Bertz CT molecular complexity index is 1230. The molecular formula is C26H24F4N4O2. The van der Waals surface area contributed by atoms with Crippen molar-refractivity contribution < 1.29 is 27.1 Å². The summed E-state index contributed by atoms with van der Waals surface area (Å²) in [5.74, 6) is -1.29. The molecule has 6 aliphatic rings. The summed E-state index contributed by atoms with van der Waals surface area (Å²) >= 11 is 0. The molecular weight excluding hydrogens is 476 g/mol. The number of hydrogen-bond donors (Lipinski definition) is 0. The summed E-state index contributed by atoms with van der Waals surface area (Å²) in [7, 11) is 0. The van der Waals surface area contributed by atoms with Gasteiger partial charge in [0.15, 0.2) is 0 Å². The molecule has 8 rings (SSSR count). The molecule has 36 heavy (non-hydrogen) atoms. The van der Waals surface area contributed by atoms with Gasteiger partial charge in [-0.05, 0) is 63.1 Å². The molecule has 0 radical (unpaired) electrons. The minimum absolute atomic E-state index is 0.106. The fourth-order valence-corrected chi connectivity index (χ4v) is 6.59. The second kappa shape index (κ2) is 7.48. The fraction of sp³-hybridized carbons (Fsp3) is 0.538. The first-order chi connectivity index (χ1) is 17.0. The number of alkyl halides is 4. The predicted molar refractivity (Wildman–Crippen MR) is 119 cm³/mol. The number of carbonyl (C=O) groups excluding carboxylic acids is 1.